The summed E-state index contributed by atoms with van der Waals surface area (Å²) in [6.45, 7) is -0.813. The number of rotatable bonds is 2. The van der Waals surface area contributed by atoms with Crippen molar-refractivity contribution < 1.29 is 23.1 Å². The Labute approximate surface area is 94.6 Å². The third-order valence-electron chi connectivity index (χ3n) is 2.74. The molecule has 96 valence electrons. The largest absolute Gasteiger partial charge is 0.417 e. The van der Waals surface area contributed by atoms with E-state index in [2.05, 4.69) is 10.0 Å². The summed E-state index contributed by atoms with van der Waals surface area (Å²) in [7, 11) is 0. The zero-order chi connectivity index (χ0) is 13.1. The van der Waals surface area contributed by atoms with Crippen molar-refractivity contribution in [2.45, 2.75) is 24.6 Å². The molecular formula is C8H11F3N4O2. The molecule has 1 amide bonds. The molecule has 0 radical (unpaired) electrons. The molecule has 0 aliphatic carbocycles. The van der Waals surface area contributed by atoms with Crippen LogP contribution in [0, 0.1) is 0 Å². The molecule has 1 fully saturated rings. The Kier molecular flexibility index (Phi) is 3.84. The molecule has 17 heavy (non-hydrogen) atoms. The van der Waals surface area contributed by atoms with Gasteiger partial charge in [0.25, 0.3) is 0 Å². The first-order chi connectivity index (χ1) is 7.80. The fourth-order valence-electron chi connectivity index (χ4n) is 1.60. The number of halogens is 3. The number of hydrogen-bond donors (Lipinski definition) is 1. The first-order valence-corrected chi connectivity index (χ1v) is 4.88. The maximum Gasteiger partial charge on any atom is 0.417 e. The van der Waals surface area contributed by atoms with Gasteiger partial charge in [-0.15, -0.1) is 0 Å². The van der Waals surface area contributed by atoms with Crippen LogP contribution in [0.15, 0.2) is 5.11 Å². The first kappa shape index (κ1) is 13.6. The van der Waals surface area contributed by atoms with Gasteiger partial charge < -0.3 is 10.0 Å². The van der Waals surface area contributed by atoms with Gasteiger partial charge in [0.1, 0.15) is 6.54 Å². The molecule has 0 aromatic heterocycles. The molecule has 1 heterocycles. The van der Waals surface area contributed by atoms with Gasteiger partial charge in [-0.3, -0.25) is 4.79 Å². The lowest BCUT2D eigenvalue weighted by Crippen LogP contribution is -2.54. The van der Waals surface area contributed by atoms with Gasteiger partial charge in [-0.2, -0.15) is 13.2 Å². The zero-order valence-corrected chi connectivity index (χ0v) is 8.81. The average molecular weight is 252 g/mol. The minimum Gasteiger partial charge on any atom is -0.380 e. The van der Waals surface area contributed by atoms with Gasteiger partial charge in [0.15, 0.2) is 5.60 Å². The Morgan fingerprint density at radius 1 is 1.47 bits per heavy atom. The van der Waals surface area contributed by atoms with Crippen molar-refractivity contribution >= 4 is 5.91 Å². The molecule has 0 bridgehead atoms. The van der Waals surface area contributed by atoms with Gasteiger partial charge in [0.05, 0.1) is 0 Å². The number of carbonyl (C=O) groups is 1. The molecule has 0 unspecified atom stereocenters. The molecule has 1 aliphatic heterocycles. The topological polar surface area (TPSA) is 89.3 Å². The number of piperidine rings is 1. The average Bonchev–Trinajstić information content (AvgIpc) is 2.25. The van der Waals surface area contributed by atoms with Gasteiger partial charge in [-0.1, -0.05) is 5.11 Å². The number of amides is 1. The Balaban J connectivity index is 2.56. The van der Waals surface area contributed by atoms with Crippen LogP contribution in [0.5, 0.6) is 0 Å². The Morgan fingerprint density at radius 2 is 2.00 bits per heavy atom. The summed E-state index contributed by atoms with van der Waals surface area (Å²) in [5.41, 5.74) is 5.28. The third kappa shape index (κ3) is 3.01. The molecule has 1 rings (SSSR count). The van der Waals surface area contributed by atoms with E-state index in [0.717, 1.165) is 4.90 Å². The predicted octanol–water partition coefficient (Wildman–Crippen LogP) is 1.21. The highest BCUT2D eigenvalue weighted by Crippen LogP contribution is 2.38. The van der Waals surface area contributed by atoms with Gasteiger partial charge in [-0.25, -0.2) is 0 Å². The SMILES string of the molecule is [N-]=[N+]=NCC(=O)N1CCC(O)(C(F)(F)F)CC1. The highest BCUT2D eigenvalue weighted by atomic mass is 19.4. The predicted molar refractivity (Wildman–Crippen MR) is 50.8 cm³/mol. The molecule has 0 saturated carbocycles. The lowest BCUT2D eigenvalue weighted by molar-refractivity contribution is -0.272. The molecule has 0 aromatic carbocycles. The normalized spacial score (nSPS) is 19.6. The van der Waals surface area contributed by atoms with Crippen LogP contribution in [0.25, 0.3) is 10.4 Å². The summed E-state index contributed by atoms with van der Waals surface area (Å²) in [4.78, 5) is 14.9. The number of hydrogen-bond acceptors (Lipinski definition) is 3. The summed E-state index contributed by atoms with van der Waals surface area (Å²) < 4.78 is 37.3. The van der Waals surface area contributed by atoms with Crippen molar-refractivity contribution in [2.24, 2.45) is 5.11 Å². The summed E-state index contributed by atoms with van der Waals surface area (Å²) >= 11 is 0. The molecule has 1 N–H and O–H groups in total. The molecule has 0 spiro atoms. The van der Waals surface area contributed by atoms with Crippen molar-refractivity contribution in [2.75, 3.05) is 19.6 Å². The molecule has 1 aliphatic rings. The number of alkyl halides is 3. The van der Waals surface area contributed by atoms with E-state index in [9.17, 15) is 23.1 Å². The Morgan fingerprint density at radius 3 is 2.41 bits per heavy atom. The number of carbonyl (C=O) groups excluding carboxylic acids is 1. The molecule has 9 heteroatoms. The van der Waals surface area contributed by atoms with E-state index in [1.54, 1.807) is 0 Å². The van der Waals surface area contributed by atoms with E-state index < -0.39 is 37.1 Å². The molecule has 0 aromatic rings. The van der Waals surface area contributed by atoms with E-state index in [-0.39, 0.29) is 13.1 Å². The van der Waals surface area contributed by atoms with E-state index in [4.69, 9.17) is 5.53 Å². The monoisotopic (exact) mass is 252 g/mol. The van der Waals surface area contributed by atoms with Crippen LogP contribution in [-0.4, -0.2) is 47.3 Å². The lowest BCUT2D eigenvalue weighted by atomic mass is 9.91. The quantitative estimate of drug-likeness (QED) is 0.454. The Hall–Kier alpha value is -1.47. The first-order valence-electron chi connectivity index (χ1n) is 4.88. The minimum atomic E-state index is -4.69. The van der Waals surface area contributed by atoms with E-state index in [1.165, 1.54) is 0 Å². The van der Waals surface area contributed by atoms with Crippen molar-refractivity contribution in [1.29, 1.82) is 0 Å². The van der Waals surface area contributed by atoms with Crippen molar-refractivity contribution in [1.82, 2.24) is 4.90 Å². The second kappa shape index (κ2) is 4.80. The van der Waals surface area contributed by atoms with Crippen LogP contribution in [0.1, 0.15) is 12.8 Å². The highest BCUT2D eigenvalue weighted by molar-refractivity contribution is 5.78. The minimum absolute atomic E-state index is 0.199. The van der Waals surface area contributed by atoms with Gasteiger partial charge in [0.2, 0.25) is 5.91 Å². The zero-order valence-electron chi connectivity index (χ0n) is 8.81. The fourth-order valence-corrected chi connectivity index (χ4v) is 1.60. The molecule has 6 nitrogen and oxygen atoms in total. The standard InChI is InChI=1S/C8H11F3N4O2/c9-8(10,11)7(17)1-3-15(4-2-7)6(16)5-13-14-12/h17H,1-5H2. The van der Waals surface area contributed by atoms with Crippen LogP contribution >= 0.6 is 0 Å². The van der Waals surface area contributed by atoms with Crippen LogP contribution in [0.3, 0.4) is 0 Å². The lowest BCUT2D eigenvalue weighted by Gasteiger charge is -2.38. The second-order valence-corrected chi connectivity index (χ2v) is 3.80. The number of aliphatic hydroxyl groups is 1. The van der Waals surface area contributed by atoms with Crippen molar-refractivity contribution in [3.05, 3.63) is 10.4 Å². The van der Waals surface area contributed by atoms with E-state index in [0.29, 0.717) is 0 Å². The smallest absolute Gasteiger partial charge is 0.380 e. The second-order valence-electron chi connectivity index (χ2n) is 3.80. The summed E-state index contributed by atoms with van der Waals surface area (Å²) in [5.74, 6) is -0.535. The number of nitrogens with zero attached hydrogens (tertiary/aromatic N) is 4. The fraction of sp³-hybridized carbons (Fsp3) is 0.875. The summed E-state index contributed by atoms with van der Waals surface area (Å²) in [6.07, 6.45) is -5.80. The summed E-state index contributed by atoms with van der Waals surface area (Å²) in [5, 5.41) is 12.4. The van der Waals surface area contributed by atoms with Crippen LogP contribution in [-0.2, 0) is 4.79 Å². The molecule has 1 saturated heterocycles. The van der Waals surface area contributed by atoms with Gasteiger partial charge >= 0.3 is 6.18 Å². The number of azide groups is 1. The maximum atomic E-state index is 12.4. The van der Waals surface area contributed by atoms with Crippen molar-refractivity contribution in [3.63, 3.8) is 0 Å². The molecular weight excluding hydrogens is 241 g/mol. The third-order valence-corrected chi connectivity index (χ3v) is 2.74. The Bertz CT molecular complexity index is 343. The van der Waals surface area contributed by atoms with Crippen LogP contribution < -0.4 is 0 Å². The van der Waals surface area contributed by atoms with Gasteiger partial charge in [-0.05, 0) is 5.53 Å². The maximum absolute atomic E-state index is 12.4. The van der Waals surface area contributed by atoms with Crippen molar-refractivity contribution in [3.8, 4) is 0 Å². The number of likely N-dealkylation sites (tertiary alicyclic amines) is 1. The summed E-state index contributed by atoms with van der Waals surface area (Å²) in [6, 6.07) is 0. The molecule has 0 atom stereocenters. The van der Waals surface area contributed by atoms with E-state index in [1.807, 2.05) is 0 Å². The van der Waals surface area contributed by atoms with Crippen LogP contribution in [0.4, 0.5) is 13.2 Å². The van der Waals surface area contributed by atoms with E-state index >= 15 is 0 Å². The van der Waals surface area contributed by atoms with Crippen LogP contribution in [0.2, 0.25) is 0 Å². The highest BCUT2D eigenvalue weighted by Gasteiger charge is 2.54. The van der Waals surface area contributed by atoms with Gasteiger partial charge in [0, 0.05) is 30.8 Å².